The van der Waals surface area contributed by atoms with Gasteiger partial charge in [-0.3, -0.25) is 14.7 Å². The van der Waals surface area contributed by atoms with Crippen LogP contribution in [-0.2, 0) is 24.3 Å². The summed E-state index contributed by atoms with van der Waals surface area (Å²) in [6.45, 7) is 5.99. The van der Waals surface area contributed by atoms with Crippen LogP contribution in [0.3, 0.4) is 0 Å². The van der Waals surface area contributed by atoms with Crippen molar-refractivity contribution in [2.45, 2.75) is 45.2 Å². The monoisotopic (exact) mass is 351 g/mol. The zero-order valence-electron chi connectivity index (χ0n) is 15.3. The molecule has 4 heterocycles. The maximum absolute atomic E-state index is 11.6. The van der Waals surface area contributed by atoms with Gasteiger partial charge in [-0.1, -0.05) is 6.07 Å². The number of aromatic nitrogens is 3. The topological polar surface area (TPSA) is 62.2 Å². The van der Waals surface area contributed by atoms with Crippen molar-refractivity contribution in [2.24, 2.45) is 0 Å². The average molecular weight is 351 g/mol. The molecule has 2 aliphatic rings. The van der Waals surface area contributed by atoms with E-state index in [-0.39, 0.29) is 5.91 Å². The highest BCUT2D eigenvalue weighted by atomic mass is 16.2. The van der Waals surface area contributed by atoms with E-state index in [0.717, 1.165) is 68.2 Å². The predicted octanol–water partition coefficient (Wildman–Crippen LogP) is 2.16. The number of hydrogen-bond donors (Lipinski definition) is 0. The first-order valence-electron chi connectivity index (χ1n) is 9.41. The molecule has 2 aromatic heterocycles. The number of carbonyl (C=O) groups is 1. The van der Waals surface area contributed by atoms with Crippen molar-refractivity contribution in [1.29, 1.82) is 0 Å². The van der Waals surface area contributed by atoms with Crippen molar-refractivity contribution in [3.05, 3.63) is 53.4 Å². The fourth-order valence-corrected chi connectivity index (χ4v) is 3.93. The van der Waals surface area contributed by atoms with Gasteiger partial charge < -0.3 is 4.90 Å². The summed E-state index contributed by atoms with van der Waals surface area (Å²) in [6.07, 6.45) is 6.92. The lowest BCUT2D eigenvalue weighted by Crippen LogP contribution is -2.36. The molecule has 6 heteroatoms. The number of nitrogens with zero attached hydrogens (tertiary/aromatic N) is 5. The van der Waals surface area contributed by atoms with Gasteiger partial charge in [-0.05, 0) is 31.5 Å². The minimum absolute atomic E-state index is 0.122. The van der Waals surface area contributed by atoms with E-state index in [1.54, 1.807) is 6.92 Å². The lowest BCUT2D eigenvalue weighted by atomic mass is 9.96. The number of amides is 1. The lowest BCUT2D eigenvalue weighted by molar-refractivity contribution is -0.129. The molecule has 136 valence electrons. The first-order valence-corrected chi connectivity index (χ1v) is 9.41. The van der Waals surface area contributed by atoms with Crippen LogP contribution in [0, 0.1) is 0 Å². The Hall–Kier alpha value is -2.34. The molecule has 26 heavy (non-hydrogen) atoms. The van der Waals surface area contributed by atoms with Crippen molar-refractivity contribution in [3.8, 4) is 0 Å². The quantitative estimate of drug-likeness (QED) is 0.848. The number of carbonyl (C=O) groups excluding carboxylic acids is 1. The van der Waals surface area contributed by atoms with Crippen molar-refractivity contribution in [3.63, 3.8) is 0 Å². The van der Waals surface area contributed by atoms with Crippen LogP contribution in [0.15, 0.2) is 30.6 Å². The summed E-state index contributed by atoms with van der Waals surface area (Å²) in [7, 11) is 0. The van der Waals surface area contributed by atoms with E-state index in [9.17, 15) is 4.79 Å². The van der Waals surface area contributed by atoms with E-state index in [2.05, 4.69) is 20.9 Å². The third-order valence-corrected chi connectivity index (χ3v) is 5.38. The molecular formula is C20H25N5O. The summed E-state index contributed by atoms with van der Waals surface area (Å²) in [5, 5.41) is 0. The second-order valence-corrected chi connectivity index (χ2v) is 7.29. The second-order valence-electron chi connectivity index (χ2n) is 7.29. The van der Waals surface area contributed by atoms with Crippen LogP contribution in [0.25, 0.3) is 0 Å². The first kappa shape index (κ1) is 17.1. The summed E-state index contributed by atoms with van der Waals surface area (Å²) in [4.78, 5) is 29.9. The predicted molar refractivity (Wildman–Crippen MR) is 98.3 cm³/mol. The van der Waals surface area contributed by atoms with Crippen LogP contribution < -0.4 is 0 Å². The number of piperidine rings is 1. The zero-order chi connectivity index (χ0) is 17.9. The Labute approximate surface area is 154 Å². The fraction of sp³-hybridized carbons (Fsp3) is 0.500. The van der Waals surface area contributed by atoms with Gasteiger partial charge in [0, 0.05) is 63.4 Å². The van der Waals surface area contributed by atoms with Gasteiger partial charge in [-0.25, -0.2) is 9.97 Å². The van der Waals surface area contributed by atoms with Gasteiger partial charge in [0.1, 0.15) is 5.82 Å². The summed E-state index contributed by atoms with van der Waals surface area (Å²) in [5.41, 5.74) is 3.33. The van der Waals surface area contributed by atoms with Crippen LogP contribution in [0.2, 0.25) is 0 Å². The van der Waals surface area contributed by atoms with Crippen molar-refractivity contribution >= 4 is 5.91 Å². The molecule has 1 atom stereocenters. The van der Waals surface area contributed by atoms with Gasteiger partial charge in [0.2, 0.25) is 5.91 Å². The molecule has 0 unspecified atom stereocenters. The molecule has 1 amide bonds. The number of hydrogen-bond acceptors (Lipinski definition) is 5. The van der Waals surface area contributed by atoms with E-state index >= 15 is 0 Å². The maximum Gasteiger partial charge on any atom is 0.219 e. The number of rotatable bonds is 3. The molecule has 2 aromatic rings. The third-order valence-electron chi connectivity index (χ3n) is 5.38. The largest absolute Gasteiger partial charge is 0.338 e. The molecule has 0 saturated carbocycles. The average Bonchev–Trinajstić information content (AvgIpc) is 2.68. The van der Waals surface area contributed by atoms with Crippen LogP contribution in [-0.4, -0.2) is 50.3 Å². The Kier molecular flexibility index (Phi) is 4.93. The van der Waals surface area contributed by atoms with Gasteiger partial charge in [0.15, 0.2) is 0 Å². The van der Waals surface area contributed by atoms with Crippen LogP contribution in [0.5, 0.6) is 0 Å². The Bertz CT molecular complexity index is 779. The Morgan fingerprint density at radius 3 is 3.00 bits per heavy atom. The minimum Gasteiger partial charge on any atom is -0.338 e. The molecular weight excluding hydrogens is 326 g/mol. The van der Waals surface area contributed by atoms with Gasteiger partial charge >= 0.3 is 0 Å². The normalized spacial score (nSPS) is 20.7. The smallest absolute Gasteiger partial charge is 0.219 e. The van der Waals surface area contributed by atoms with Gasteiger partial charge in [0.25, 0.3) is 0 Å². The molecule has 0 aromatic carbocycles. The second kappa shape index (κ2) is 7.50. The van der Waals surface area contributed by atoms with E-state index in [1.807, 2.05) is 29.4 Å². The molecule has 4 rings (SSSR count). The molecule has 1 fully saturated rings. The fourth-order valence-electron chi connectivity index (χ4n) is 3.93. The highest BCUT2D eigenvalue weighted by Gasteiger charge is 2.26. The highest BCUT2D eigenvalue weighted by Crippen LogP contribution is 2.27. The maximum atomic E-state index is 11.6. The molecule has 1 saturated heterocycles. The molecule has 0 N–H and O–H groups in total. The summed E-state index contributed by atoms with van der Waals surface area (Å²) in [5.74, 6) is 1.46. The summed E-state index contributed by atoms with van der Waals surface area (Å²) < 4.78 is 0. The molecule has 2 aliphatic heterocycles. The lowest BCUT2D eigenvalue weighted by Gasteiger charge is -2.32. The Morgan fingerprint density at radius 1 is 1.27 bits per heavy atom. The minimum atomic E-state index is 0.122. The van der Waals surface area contributed by atoms with E-state index in [1.165, 1.54) is 0 Å². The number of pyridine rings is 1. The van der Waals surface area contributed by atoms with Crippen molar-refractivity contribution < 1.29 is 4.79 Å². The summed E-state index contributed by atoms with van der Waals surface area (Å²) in [6, 6.07) is 6.08. The Morgan fingerprint density at radius 2 is 2.19 bits per heavy atom. The highest BCUT2D eigenvalue weighted by molar-refractivity contribution is 5.73. The van der Waals surface area contributed by atoms with Gasteiger partial charge in [0.05, 0.1) is 11.4 Å². The molecule has 6 nitrogen and oxygen atoms in total. The third kappa shape index (κ3) is 3.75. The van der Waals surface area contributed by atoms with E-state index < -0.39 is 0 Å². The molecule has 0 radical (unpaired) electrons. The first-order chi connectivity index (χ1) is 12.7. The zero-order valence-corrected chi connectivity index (χ0v) is 15.3. The molecule has 0 aliphatic carbocycles. The van der Waals surface area contributed by atoms with Gasteiger partial charge in [-0.2, -0.15) is 0 Å². The van der Waals surface area contributed by atoms with E-state index in [4.69, 9.17) is 4.98 Å². The number of likely N-dealkylation sites (tertiary alicyclic amines) is 1. The standard InChI is InChI=1S/C20H25N5O/c1-15(26)25-10-7-19-17(13-25)11-22-20(23-19)16-5-4-9-24(12-16)14-18-6-2-3-8-21-18/h2-3,6,8,11,16H,4-5,7,9-10,12-14H2,1H3/t16-/m1/s1. The van der Waals surface area contributed by atoms with Crippen LogP contribution >= 0.6 is 0 Å². The van der Waals surface area contributed by atoms with Crippen molar-refractivity contribution in [1.82, 2.24) is 24.8 Å². The SMILES string of the molecule is CC(=O)N1CCc2nc([C@@H]3CCCN(Cc4ccccn4)C3)ncc2C1. The van der Waals surface area contributed by atoms with Crippen LogP contribution in [0.4, 0.5) is 0 Å². The van der Waals surface area contributed by atoms with Gasteiger partial charge in [-0.15, -0.1) is 0 Å². The van der Waals surface area contributed by atoms with E-state index in [0.29, 0.717) is 12.5 Å². The molecule has 0 spiro atoms. The molecule has 0 bridgehead atoms. The van der Waals surface area contributed by atoms with Crippen LogP contribution in [0.1, 0.15) is 48.5 Å². The Balaban J connectivity index is 1.45. The summed E-state index contributed by atoms with van der Waals surface area (Å²) >= 11 is 0. The number of fused-ring (bicyclic) bond motifs is 1. The van der Waals surface area contributed by atoms with Crippen molar-refractivity contribution in [2.75, 3.05) is 19.6 Å².